The number of halogens is 2. The fourth-order valence-electron chi connectivity index (χ4n) is 1.51. The van der Waals surface area contributed by atoms with Crippen molar-refractivity contribution in [2.45, 2.75) is 20.3 Å². The SMILES string of the molecule is CC(C)COCCCNC(=O)c1cc(F)c(N)c(F)c1. The fraction of sp³-hybridized carbons (Fsp3) is 0.500. The first kappa shape index (κ1) is 16.4. The molecule has 0 aromatic heterocycles. The molecule has 0 bridgehead atoms. The molecule has 0 aliphatic heterocycles. The zero-order valence-corrected chi connectivity index (χ0v) is 11.7. The molecule has 6 heteroatoms. The molecular weight excluding hydrogens is 266 g/mol. The highest BCUT2D eigenvalue weighted by Crippen LogP contribution is 2.17. The molecule has 3 N–H and O–H groups in total. The number of carbonyl (C=O) groups excluding carboxylic acids is 1. The molecule has 20 heavy (non-hydrogen) atoms. The zero-order valence-electron chi connectivity index (χ0n) is 11.7. The minimum absolute atomic E-state index is 0.0858. The summed E-state index contributed by atoms with van der Waals surface area (Å²) in [6.07, 6.45) is 0.637. The minimum Gasteiger partial charge on any atom is -0.394 e. The van der Waals surface area contributed by atoms with Crippen LogP contribution >= 0.6 is 0 Å². The first-order valence-electron chi connectivity index (χ1n) is 6.52. The normalized spacial score (nSPS) is 10.8. The number of carbonyl (C=O) groups is 1. The number of rotatable bonds is 7. The Hall–Kier alpha value is -1.69. The van der Waals surface area contributed by atoms with Crippen LogP contribution in [0.3, 0.4) is 0 Å². The molecule has 1 rings (SSSR count). The van der Waals surface area contributed by atoms with Gasteiger partial charge >= 0.3 is 0 Å². The number of hydrogen-bond donors (Lipinski definition) is 2. The lowest BCUT2D eigenvalue weighted by Crippen LogP contribution is -2.25. The molecule has 1 aromatic carbocycles. The maximum atomic E-state index is 13.2. The second-order valence-electron chi connectivity index (χ2n) is 4.93. The number of hydrogen-bond acceptors (Lipinski definition) is 3. The molecule has 0 atom stereocenters. The van der Waals surface area contributed by atoms with Crippen molar-refractivity contribution in [1.29, 1.82) is 0 Å². The molecule has 112 valence electrons. The average molecular weight is 286 g/mol. The maximum absolute atomic E-state index is 13.2. The van der Waals surface area contributed by atoms with Gasteiger partial charge in [-0.3, -0.25) is 4.79 Å². The number of amides is 1. The predicted octanol–water partition coefficient (Wildman–Crippen LogP) is 2.34. The summed E-state index contributed by atoms with van der Waals surface area (Å²) in [7, 11) is 0. The van der Waals surface area contributed by atoms with Crippen molar-refractivity contribution in [1.82, 2.24) is 5.32 Å². The van der Waals surface area contributed by atoms with Crippen LogP contribution < -0.4 is 11.1 Å². The molecule has 0 aliphatic carbocycles. The van der Waals surface area contributed by atoms with E-state index in [2.05, 4.69) is 5.32 Å². The van der Waals surface area contributed by atoms with Gasteiger partial charge in [0, 0.05) is 25.3 Å². The van der Waals surface area contributed by atoms with Crippen LogP contribution in [0.15, 0.2) is 12.1 Å². The summed E-state index contributed by atoms with van der Waals surface area (Å²) in [5.41, 5.74) is 4.47. The molecule has 1 amide bonds. The molecule has 0 fully saturated rings. The molecule has 4 nitrogen and oxygen atoms in total. The molecule has 0 aliphatic rings. The van der Waals surface area contributed by atoms with Gasteiger partial charge in [-0.05, 0) is 24.5 Å². The van der Waals surface area contributed by atoms with E-state index in [0.717, 1.165) is 12.1 Å². The summed E-state index contributed by atoms with van der Waals surface area (Å²) in [5.74, 6) is -1.94. The van der Waals surface area contributed by atoms with E-state index in [-0.39, 0.29) is 5.56 Å². The van der Waals surface area contributed by atoms with E-state index < -0.39 is 23.2 Å². The van der Waals surface area contributed by atoms with Crippen LogP contribution in [0, 0.1) is 17.6 Å². The van der Waals surface area contributed by atoms with Gasteiger partial charge in [-0.15, -0.1) is 0 Å². The fourth-order valence-corrected chi connectivity index (χ4v) is 1.51. The molecule has 0 heterocycles. The van der Waals surface area contributed by atoms with E-state index in [9.17, 15) is 13.6 Å². The van der Waals surface area contributed by atoms with Crippen molar-refractivity contribution in [2.24, 2.45) is 5.92 Å². The molecule has 0 saturated heterocycles. The number of nitrogens with two attached hydrogens (primary N) is 1. The average Bonchev–Trinajstić information content (AvgIpc) is 2.38. The third-order valence-corrected chi connectivity index (χ3v) is 2.54. The predicted molar refractivity (Wildman–Crippen MR) is 73.4 cm³/mol. The number of nitrogens with one attached hydrogen (secondary N) is 1. The molecule has 0 saturated carbocycles. The Balaban J connectivity index is 2.36. The van der Waals surface area contributed by atoms with Gasteiger partial charge in [-0.2, -0.15) is 0 Å². The van der Waals surface area contributed by atoms with Gasteiger partial charge in [0.1, 0.15) is 17.3 Å². The summed E-state index contributed by atoms with van der Waals surface area (Å²) >= 11 is 0. The first-order chi connectivity index (χ1) is 9.41. The monoisotopic (exact) mass is 286 g/mol. The highest BCUT2D eigenvalue weighted by Gasteiger charge is 2.12. The van der Waals surface area contributed by atoms with Crippen molar-refractivity contribution in [2.75, 3.05) is 25.5 Å². The van der Waals surface area contributed by atoms with E-state index in [1.807, 2.05) is 13.8 Å². The lowest BCUT2D eigenvalue weighted by Gasteiger charge is -2.08. The van der Waals surface area contributed by atoms with Gasteiger partial charge in [-0.1, -0.05) is 13.8 Å². The lowest BCUT2D eigenvalue weighted by molar-refractivity contribution is 0.0924. The van der Waals surface area contributed by atoms with Crippen LogP contribution in [0.4, 0.5) is 14.5 Å². The number of anilines is 1. The van der Waals surface area contributed by atoms with Crippen LogP contribution in [0.5, 0.6) is 0 Å². The highest BCUT2D eigenvalue weighted by molar-refractivity contribution is 5.94. The quantitative estimate of drug-likeness (QED) is 0.597. The van der Waals surface area contributed by atoms with Gasteiger partial charge in [0.15, 0.2) is 0 Å². The first-order valence-corrected chi connectivity index (χ1v) is 6.52. The van der Waals surface area contributed by atoms with Crippen molar-refractivity contribution in [3.8, 4) is 0 Å². The molecule has 0 unspecified atom stereocenters. The Morgan fingerprint density at radius 2 is 1.95 bits per heavy atom. The number of benzene rings is 1. The van der Waals surface area contributed by atoms with E-state index >= 15 is 0 Å². The van der Waals surface area contributed by atoms with Crippen LogP contribution in [-0.4, -0.2) is 25.7 Å². The Morgan fingerprint density at radius 3 is 2.50 bits per heavy atom. The Bertz CT molecular complexity index is 441. The van der Waals surface area contributed by atoms with E-state index in [1.54, 1.807) is 0 Å². The van der Waals surface area contributed by atoms with Crippen molar-refractivity contribution >= 4 is 11.6 Å². The molecular formula is C14H20F2N2O2. The second kappa shape index (κ2) is 7.79. The van der Waals surface area contributed by atoms with Crippen molar-refractivity contribution in [3.05, 3.63) is 29.3 Å². The number of nitrogen functional groups attached to an aromatic ring is 1. The van der Waals surface area contributed by atoms with Gasteiger partial charge < -0.3 is 15.8 Å². The largest absolute Gasteiger partial charge is 0.394 e. The molecule has 0 spiro atoms. The summed E-state index contributed by atoms with van der Waals surface area (Å²) in [4.78, 5) is 11.7. The van der Waals surface area contributed by atoms with Gasteiger partial charge in [0.2, 0.25) is 0 Å². The third kappa shape index (κ3) is 5.13. The molecule has 0 radical (unpaired) electrons. The molecule has 1 aromatic rings. The van der Waals surface area contributed by atoms with Gasteiger partial charge in [0.25, 0.3) is 5.91 Å². The summed E-state index contributed by atoms with van der Waals surface area (Å²) < 4.78 is 31.7. The van der Waals surface area contributed by atoms with Gasteiger partial charge in [-0.25, -0.2) is 8.78 Å². The topological polar surface area (TPSA) is 64.3 Å². The summed E-state index contributed by atoms with van der Waals surface area (Å²) in [5, 5.41) is 2.57. The lowest BCUT2D eigenvalue weighted by atomic mass is 10.1. The van der Waals surface area contributed by atoms with E-state index in [1.165, 1.54) is 0 Å². The van der Waals surface area contributed by atoms with E-state index in [4.69, 9.17) is 10.5 Å². The Kier molecular flexibility index (Phi) is 6.38. The Morgan fingerprint density at radius 1 is 1.35 bits per heavy atom. The summed E-state index contributed by atoms with van der Waals surface area (Å²) in [6, 6.07) is 1.84. The van der Waals surface area contributed by atoms with Crippen molar-refractivity contribution < 1.29 is 18.3 Å². The standard InChI is InChI=1S/C14H20F2N2O2/c1-9(2)8-20-5-3-4-18-14(19)10-6-11(15)13(17)12(16)7-10/h6-7,9H,3-5,8,17H2,1-2H3,(H,18,19). The van der Waals surface area contributed by atoms with E-state index in [0.29, 0.717) is 32.1 Å². The van der Waals surface area contributed by atoms with Crippen LogP contribution in [-0.2, 0) is 4.74 Å². The Labute approximate surface area is 117 Å². The number of ether oxygens (including phenoxy) is 1. The van der Waals surface area contributed by atoms with Crippen molar-refractivity contribution in [3.63, 3.8) is 0 Å². The van der Waals surface area contributed by atoms with Gasteiger partial charge in [0.05, 0.1) is 0 Å². The van der Waals surface area contributed by atoms with Crippen LogP contribution in [0.25, 0.3) is 0 Å². The summed E-state index contributed by atoms with van der Waals surface area (Å²) in [6.45, 7) is 5.67. The van der Waals surface area contributed by atoms with Crippen LogP contribution in [0.2, 0.25) is 0 Å². The maximum Gasteiger partial charge on any atom is 0.251 e. The smallest absolute Gasteiger partial charge is 0.251 e. The third-order valence-electron chi connectivity index (χ3n) is 2.54. The zero-order chi connectivity index (χ0) is 15.1. The van der Waals surface area contributed by atoms with Crippen LogP contribution in [0.1, 0.15) is 30.6 Å². The second-order valence-corrected chi connectivity index (χ2v) is 4.93. The highest BCUT2D eigenvalue weighted by atomic mass is 19.1. The minimum atomic E-state index is -0.935.